The molecule has 2 aliphatic heterocycles. The van der Waals surface area contributed by atoms with Crippen LogP contribution in [0.1, 0.15) is 141 Å². The molecule has 7 aliphatic carbocycles. The van der Waals surface area contributed by atoms with Gasteiger partial charge >= 0.3 is 0 Å². The molecule has 20 atom stereocenters. The average molecular weight is 1150 g/mol. The van der Waals surface area contributed by atoms with E-state index >= 15 is 0 Å². The van der Waals surface area contributed by atoms with Crippen molar-refractivity contribution in [3.8, 4) is 23.3 Å². The summed E-state index contributed by atoms with van der Waals surface area (Å²) in [5, 5.41) is 89.1. The van der Waals surface area contributed by atoms with Gasteiger partial charge in [-0.25, -0.2) is 0 Å². The summed E-state index contributed by atoms with van der Waals surface area (Å²) in [5.74, 6) is 9.76. The van der Waals surface area contributed by atoms with E-state index in [0.717, 1.165) is 66.5 Å². The minimum atomic E-state index is -1.08. The van der Waals surface area contributed by atoms with Crippen LogP contribution in [0.4, 0.5) is 0 Å². The van der Waals surface area contributed by atoms with Gasteiger partial charge in [0.25, 0.3) is 0 Å². The maximum Gasteiger partial charge on any atom is 0.161 e. The van der Waals surface area contributed by atoms with Gasteiger partial charge in [0, 0.05) is 77.1 Å². The van der Waals surface area contributed by atoms with E-state index in [1.165, 1.54) is 28.7 Å². The van der Waals surface area contributed by atoms with E-state index in [-0.39, 0.29) is 53.6 Å². The van der Waals surface area contributed by atoms with Crippen molar-refractivity contribution in [1.82, 2.24) is 10.3 Å². The van der Waals surface area contributed by atoms with Crippen molar-refractivity contribution in [2.24, 2.45) is 64.4 Å². The second-order valence-corrected chi connectivity index (χ2v) is 28.8. The first-order chi connectivity index (χ1) is 39.9. The second kappa shape index (κ2) is 23.7. The maximum atomic E-state index is 12.9. The Morgan fingerprint density at radius 1 is 0.780 bits per heavy atom. The quantitative estimate of drug-likeness (QED) is 0.0477. The molecule has 3 saturated carbocycles. The number of aromatic hydroxyl groups is 1. The molecule has 436 valence electrons. The summed E-state index contributed by atoms with van der Waals surface area (Å²) in [6.07, 6.45) is 11.1. The van der Waals surface area contributed by atoms with E-state index in [4.69, 9.17) is 10.5 Å². The van der Waals surface area contributed by atoms with E-state index in [1.807, 2.05) is 24.4 Å². The highest BCUT2D eigenvalue weighted by Crippen LogP contribution is 2.68. The predicted octanol–water partition coefficient (Wildman–Crippen LogP) is 10.1. The van der Waals surface area contributed by atoms with E-state index in [9.17, 15) is 35.7 Å². The number of aromatic amines is 1. The SMILES string of the molecule is CCC1Cc2cc(O)c(OC3CC(Cc4ccc[nH]4)C4=CCNC(N)=C4CSSCC(CO)C3O)cc2C2CC(O)C3C(C#CC4(CC(O)CCC3O)CC(c3ccccc3)C3C5CCC(CC6CCC(O)C4C63)c3ccccc35)C=C12. The fourth-order valence-electron chi connectivity index (χ4n) is 18.4. The monoisotopic (exact) mass is 1150 g/mol. The number of aliphatic hydroxyl groups is 6. The summed E-state index contributed by atoms with van der Waals surface area (Å²) in [5.41, 5.74) is 16.6. The third-order valence-electron chi connectivity index (χ3n) is 22.1. The van der Waals surface area contributed by atoms with Crippen molar-refractivity contribution in [2.45, 2.75) is 157 Å². The number of aromatic nitrogens is 1. The summed E-state index contributed by atoms with van der Waals surface area (Å²) in [4.78, 5) is 3.39. The number of allylic oxidation sites excluding steroid dienone is 3. The topological polar surface area (TPSA) is 205 Å². The Bertz CT molecular complexity index is 3100. The molecule has 3 aromatic carbocycles. The lowest BCUT2D eigenvalue weighted by Gasteiger charge is -2.62. The Hall–Kier alpha value is -4.62. The zero-order valence-corrected chi connectivity index (χ0v) is 49.0. The molecule has 4 aromatic rings. The van der Waals surface area contributed by atoms with Crippen LogP contribution in [0.2, 0.25) is 0 Å². The number of H-pyrrole nitrogens is 1. The van der Waals surface area contributed by atoms with Gasteiger partial charge in [-0.3, -0.25) is 0 Å². The highest BCUT2D eigenvalue weighted by atomic mass is 33.1. The van der Waals surface area contributed by atoms with Crippen molar-refractivity contribution in [3.63, 3.8) is 0 Å². The largest absolute Gasteiger partial charge is 0.504 e. The summed E-state index contributed by atoms with van der Waals surface area (Å²) >= 11 is 0. The zero-order chi connectivity index (χ0) is 56.4. The fraction of sp³-hybridized carbons (Fsp3) is 0.565. The Morgan fingerprint density at radius 2 is 1.60 bits per heavy atom. The van der Waals surface area contributed by atoms with Gasteiger partial charge in [-0.2, -0.15) is 0 Å². The molecular formula is C69H85N3O8S2. The number of fused-ring (bicyclic) bond motifs is 13. The summed E-state index contributed by atoms with van der Waals surface area (Å²) in [6.45, 7) is 2.54. The van der Waals surface area contributed by atoms with E-state index in [0.29, 0.717) is 92.5 Å². The minimum absolute atomic E-state index is 0.0229. The first kappa shape index (κ1) is 56.5. The van der Waals surface area contributed by atoms with Gasteiger partial charge in [-0.05, 0) is 195 Å². The van der Waals surface area contributed by atoms with E-state index < -0.39 is 59.8 Å². The van der Waals surface area contributed by atoms with Gasteiger partial charge in [0.2, 0.25) is 0 Å². The Balaban J connectivity index is 0.893. The number of phenolic OH excluding ortho intramolecular Hbond substituents is 1. The third kappa shape index (κ3) is 10.5. The minimum Gasteiger partial charge on any atom is -0.504 e. The van der Waals surface area contributed by atoms with E-state index in [2.05, 4.69) is 102 Å². The van der Waals surface area contributed by atoms with Gasteiger partial charge in [-0.1, -0.05) is 113 Å². The van der Waals surface area contributed by atoms with Crippen molar-refractivity contribution in [1.29, 1.82) is 0 Å². The molecule has 0 radical (unpaired) electrons. The van der Waals surface area contributed by atoms with Gasteiger partial charge in [-0.15, -0.1) is 0 Å². The van der Waals surface area contributed by atoms with Crippen LogP contribution >= 0.6 is 21.6 Å². The molecule has 13 rings (SSSR count). The van der Waals surface area contributed by atoms with Crippen LogP contribution in [0.5, 0.6) is 11.5 Å². The van der Waals surface area contributed by atoms with Crippen LogP contribution in [-0.4, -0.2) is 102 Å². The van der Waals surface area contributed by atoms with Gasteiger partial charge in [0.05, 0.1) is 30.5 Å². The third-order valence-corrected chi connectivity index (χ3v) is 24.5. The molecule has 11 N–H and O–H groups in total. The second-order valence-electron chi connectivity index (χ2n) is 26.3. The molecule has 3 heterocycles. The molecular weight excluding hydrogens is 1060 g/mol. The number of nitrogens with one attached hydrogen (secondary N) is 2. The zero-order valence-electron chi connectivity index (χ0n) is 47.4. The predicted molar refractivity (Wildman–Crippen MR) is 325 cm³/mol. The smallest absolute Gasteiger partial charge is 0.161 e. The number of nitrogens with two attached hydrogens (primary N) is 1. The lowest BCUT2D eigenvalue weighted by Crippen LogP contribution is -2.58. The first-order valence-electron chi connectivity index (χ1n) is 31.1. The molecule has 1 aromatic heterocycles. The van der Waals surface area contributed by atoms with E-state index in [1.54, 1.807) is 21.6 Å². The maximum absolute atomic E-state index is 12.9. The van der Waals surface area contributed by atoms with Gasteiger partial charge < -0.3 is 56.5 Å². The normalized spacial score (nSPS) is 38.9. The molecule has 13 heteroatoms. The lowest BCUT2D eigenvalue weighted by atomic mass is 9.42. The van der Waals surface area contributed by atoms with Crippen LogP contribution in [-0.2, 0) is 12.8 Å². The lowest BCUT2D eigenvalue weighted by molar-refractivity contribution is -0.133. The molecule has 2 bridgehead atoms. The molecule has 9 aliphatic rings. The highest BCUT2D eigenvalue weighted by Gasteiger charge is 2.62. The molecule has 1 spiro atoms. The molecule has 4 fully saturated rings. The number of ether oxygens (including phenoxy) is 1. The summed E-state index contributed by atoms with van der Waals surface area (Å²) in [7, 11) is 3.26. The van der Waals surface area contributed by atoms with Gasteiger partial charge in [0.1, 0.15) is 11.9 Å². The van der Waals surface area contributed by atoms with Crippen molar-refractivity contribution >= 4 is 21.6 Å². The number of hydrogen-bond acceptors (Lipinski definition) is 12. The van der Waals surface area contributed by atoms with Crippen LogP contribution < -0.4 is 15.8 Å². The fourth-order valence-corrected chi connectivity index (χ4v) is 20.9. The van der Waals surface area contributed by atoms with Crippen molar-refractivity contribution < 1.29 is 40.5 Å². The Kier molecular flexibility index (Phi) is 16.3. The van der Waals surface area contributed by atoms with Crippen molar-refractivity contribution in [3.05, 3.63) is 153 Å². The first-order valence-corrected chi connectivity index (χ1v) is 33.6. The number of hydrogen-bond donors (Lipinski definition) is 10. The van der Waals surface area contributed by atoms with Crippen LogP contribution in [0.15, 0.2) is 120 Å². The number of aliphatic hydroxyl groups excluding tert-OH is 6. The summed E-state index contributed by atoms with van der Waals surface area (Å²) < 4.78 is 7.01. The number of dihydropyridines is 1. The Labute approximate surface area is 492 Å². The van der Waals surface area contributed by atoms with Crippen LogP contribution in [0.3, 0.4) is 0 Å². The molecule has 0 amide bonds. The van der Waals surface area contributed by atoms with Crippen molar-refractivity contribution in [2.75, 3.05) is 24.7 Å². The van der Waals surface area contributed by atoms with Crippen LogP contribution in [0, 0.1) is 70.5 Å². The molecule has 11 nitrogen and oxygen atoms in total. The van der Waals surface area contributed by atoms with Crippen LogP contribution in [0.25, 0.3) is 0 Å². The molecule has 1 saturated heterocycles. The Morgan fingerprint density at radius 3 is 2.40 bits per heavy atom. The number of benzene rings is 3. The van der Waals surface area contributed by atoms with Gasteiger partial charge in [0.15, 0.2) is 11.5 Å². The molecule has 82 heavy (non-hydrogen) atoms. The molecule has 20 unspecified atom stereocenters. The standard InChI is InChI=1S/C69H85N3O8S2/c1-2-38-25-43-29-59(77)61(80-62-30-44(27-46-11-8-23-71-46)49-21-24-72-68(70)56(49)37-82-81-36-45(35-73)67(62)79)32-53(43)54-31-60(78)63-42(28-52(38)54)20-22-69(33-47(74)16-19-57(63)75)34-55(39-9-4-3-5-10-39)65-51-17-14-40(48-12-6-7-13-50(48)51)26-41-15-18-58(76)66(69)64(41)65/h3-13,21,23,28-29,32,38,40-42,44-45,47,51,54-55,57-58,60,62-67,71-79H,2,14-19,24-27,30-31,33-37,70H2,1H3. The number of rotatable bonds is 7. The average Bonchev–Trinajstić information content (AvgIpc) is 3.60. The highest BCUT2D eigenvalue weighted by molar-refractivity contribution is 8.76. The number of phenols is 1. The summed E-state index contributed by atoms with van der Waals surface area (Å²) in [6, 6.07) is 28.1.